The summed E-state index contributed by atoms with van der Waals surface area (Å²) in [4.78, 5) is 24.7. The molecule has 2 rings (SSSR count). The third-order valence-corrected chi connectivity index (χ3v) is 4.04. The Morgan fingerprint density at radius 3 is 2.91 bits per heavy atom. The van der Waals surface area contributed by atoms with E-state index in [-0.39, 0.29) is 11.7 Å². The van der Waals surface area contributed by atoms with Crippen molar-refractivity contribution < 1.29 is 14.5 Å². The van der Waals surface area contributed by atoms with Gasteiger partial charge in [-0.15, -0.1) is 0 Å². The van der Waals surface area contributed by atoms with Crippen LogP contribution in [0.25, 0.3) is 0 Å². The van der Waals surface area contributed by atoms with Gasteiger partial charge in [-0.1, -0.05) is 13.0 Å². The maximum Gasteiger partial charge on any atom is 0.321 e. The monoisotopic (exact) mass is 321 g/mol. The number of nitro groups is 1. The van der Waals surface area contributed by atoms with Gasteiger partial charge in [0.25, 0.3) is 5.69 Å². The van der Waals surface area contributed by atoms with Crippen LogP contribution in [0.5, 0.6) is 0 Å². The molecule has 2 amide bonds. The molecule has 1 aromatic rings. The zero-order chi connectivity index (χ0) is 16.8. The minimum atomic E-state index is -0.414. The zero-order valence-electron chi connectivity index (χ0n) is 13.6. The lowest BCUT2D eigenvalue weighted by Crippen LogP contribution is -2.33. The minimum Gasteiger partial charge on any atom is -0.381 e. The number of nitro benzene ring substituents is 1. The van der Waals surface area contributed by atoms with Crippen LogP contribution in [-0.2, 0) is 11.2 Å². The molecule has 1 N–H and O–H groups in total. The molecule has 1 heterocycles. The fraction of sp³-hybridized carbons (Fsp3) is 0.562. The lowest BCUT2D eigenvalue weighted by atomic mass is 10.1. The summed E-state index contributed by atoms with van der Waals surface area (Å²) in [5.41, 5.74) is 1.15. The van der Waals surface area contributed by atoms with Crippen molar-refractivity contribution in [2.45, 2.75) is 26.7 Å². The largest absolute Gasteiger partial charge is 0.381 e. The van der Waals surface area contributed by atoms with Gasteiger partial charge in [0.1, 0.15) is 0 Å². The number of aryl methyl sites for hydroxylation is 1. The number of carbonyl (C=O) groups excluding carboxylic acids is 1. The number of rotatable bonds is 6. The Morgan fingerprint density at radius 2 is 2.26 bits per heavy atom. The number of benzene rings is 1. The average Bonchev–Trinajstić information content (AvgIpc) is 3.01. The molecule has 0 aliphatic carbocycles. The van der Waals surface area contributed by atoms with Crippen molar-refractivity contribution in [1.29, 1.82) is 0 Å². The molecular formula is C16H23N3O4. The third-order valence-electron chi connectivity index (χ3n) is 4.04. The van der Waals surface area contributed by atoms with Gasteiger partial charge < -0.3 is 15.0 Å². The molecule has 7 heteroatoms. The van der Waals surface area contributed by atoms with E-state index in [0.717, 1.165) is 6.42 Å². The molecule has 0 saturated carbocycles. The molecule has 0 aromatic heterocycles. The van der Waals surface area contributed by atoms with E-state index in [2.05, 4.69) is 5.32 Å². The molecule has 1 saturated heterocycles. The number of hydrogen-bond donors (Lipinski definition) is 1. The van der Waals surface area contributed by atoms with Crippen molar-refractivity contribution in [2.75, 3.05) is 31.6 Å². The van der Waals surface area contributed by atoms with E-state index in [4.69, 9.17) is 4.74 Å². The molecular weight excluding hydrogens is 298 g/mol. The number of amides is 2. The summed E-state index contributed by atoms with van der Waals surface area (Å²) >= 11 is 0. The van der Waals surface area contributed by atoms with Crippen LogP contribution in [0.15, 0.2) is 18.2 Å². The molecule has 7 nitrogen and oxygen atoms in total. The van der Waals surface area contributed by atoms with Crippen LogP contribution in [0, 0.1) is 16.0 Å². The fourth-order valence-corrected chi connectivity index (χ4v) is 2.75. The van der Waals surface area contributed by atoms with Gasteiger partial charge in [0, 0.05) is 42.9 Å². The lowest BCUT2D eigenvalue weighted by molar-refractivity contribution is -0.385. The highest BCUT2D eigenvalue weighted by molar-refractivity contribution is 5.90. The second-order valence-corrected chi connectivity index (χ2v) is 5.64. The Bertz CT molecular complexity index is 576. The highest BCUT2D eigenvalue weighted by Crippen LogP contribution is 2.24. The van der Waals surface area contributed by atoms with E-state index >= 15 is 0 Å². The summed E-state index contributed by atoms with van der Waals surface area (Å²) in [7, 11) is 0. The Kier molecular flexibility index (Phi) is 5.92. The highest BCUT2D eigenvalue weighted by Gasteiger charge is 2.26. The van der Waals surface area contributed by atoms with Gasteiger partial charge in [0.05, 0.1) is 11.5 Å². The predicted octanol–water partition coefficient (Wildman–Crippen LogP) is 3.05. The normalized spacial score (nSPS) is 17.3. The Balaban J connectivity index is 1.98. The molecule has 23 heavy (non-hydrogen) atoms. The SMILES string of the molecule is CCOC[C@H]1CCN(C(=O)Nc2ccc(CC)c([N+](=O)[O-])c2)C1. The third kappa shape index (κ3) is 4.41. The number of nitrogens with one attached hydrogen (secondary N) is 1. The van der Waals surface area contributed by atoms with Crippen LogP contribution in [0.2, 0.25) is 0 Å². The second-order valence-electron chi connectivity index (χ2n) is 5.64. The first-order valence-electron chi connectivity index (χ1n) is 7.96. The van der Waals surface area contributed by atoms with E-state index < -0.39 is 4.92 Å². The Hall–Kier alpha value is -2.15. The van der Waals surface area contributed by atoms with Crippen molar-refractivity contribution in [3.63, 3.8) is 0 Å². The Labute approximate surface area is 135 Å². The lowest BCUT2D eigenvalue weighted by Gasteiger charge is -2.17. The quantitative estimate of drug-likeness (QED) is 0.644. The zero-order valence-corrected chi connectivity index (χ0v) is 13.6. The molecule has 126 valence electrons. The molecule has 0 spiro atoms. The van der Waals surface area contributed by atoms with Gasteiger partial charge in [-0.25, -0.2) is 4.79 Å². The van der Waals surface area contributed by atoms with Crippen LogP contribution >= 0.6 is 0 Å². The van der Waals surface area contributed by atoms with E-state index in [9.17, 15) is 14.9 Å². The maximum atomic E-state index is 12.3. The summed E-state index contributed by atoms with van der Waals surface area (Å²) in [6.07, 6.45) is 1.50. The standard InChI is InChI=1S/C16H23N3O4/c1-3-13-5-6-14(9-15(13)19(21)22)17-16(20)18-8-7-12(10-18)11-23-4-2/h5-6,9,12H,3-4,7-8,10-11H2,1-2H3,(H,17,20)/t12-/m0/s1. The minimum absolute atomic E-state index is 0.0425. The van der Waals surface area contributed by atoms with Crippen LogP contribution in [0.1, 0.15) is 25.8 Å². The van der Waals surface area contributed by atoms with Crippen molar-refractivity contribution >= 4 is 17.4 Å². The number of hydrogen-bond acceptors (Lipinski definition) is 4. The van der Waals surface area contributed by atoms with Crippen molar-refractivity contribution in [2.24, 2.45) is 5.92 Å². The smallest absolute Gasteiger partial charge is 0.321 e. The highest BCUT2D eigenvalue weighted by atomic mass is 16.6. The first kappa shape index (κ1) is 17.2. The summed E-state index contributed by atoms with van der Waals surface area (Å²) in [5, 5.41) is 13.8. The van der Waals surface area contributed by atoms with E-state index in [1.807, 2.05) is 13.8 Å². The van der Waals surface area contributed by atoms with Gasteiger partial charge in [-0.05, 0) is 25.8 Å². The van der Waals surface area contributed by atoms with Gasteiger partial charge >= 0.3 is 6.03 Å². The molecule has 0 unspecified atom stereocenters. The summed E-state index contributed by atoms with van der Waals surface area (Å²) in [5.74, 6) is 0.359. The van der Waals surface area contributed by atoms with Crippen molar-refractivity contribution in [3.05, 3.63) is 33.9 Å². The number of likely N-dealkylation sites (tertiary alicyclic amines) is 1. The number of carbonyl (C=O) groups is 1. The van der Waals surface area contributed by atoms with Gasteiger partial charge in [0.2, 0.25) is 0 Å². The first-order chi connectivity index (χ1) is 11.0. The predicted molar refractivity (Wildman–Crippen MR) is 87.7 cm³/mol. The molecule has 0 radical (unpaired) electrons. The van der Waals surface area contributed by atoms with Crippen LogP contribution in [-0.4, -0.2) is 42.2 Å². The van der Waals surface area contributed by atoms with Crippen molar-refractivity contribution in [1.82, 2.24) is 4.90 Å². The summed E-state index contributed by atoms with van der Waals surface area (Å²) in [6.45, 7) is 6.49. The second kappa shape index (κ2) is 7.92. The summed E-state index contributed by atoms with van der Waals surface area (Å²) in [6, 6.07) is 4.60. The Morgan fingerprint density at radius 1 is 1.48 bits per heavy atom. The summed E-state index contributed by atoms with van der Waals surface area (Å²) < 4.78 is 5.40. The maximum absolute atomic E-state index is 12.3. The van der Waals surface area contributed by atoms with Crippen LogP contribution in [0.3, 0.4) is 0 Å². The van der Waals surface area contributed by atoms with Crippen LogP contribution in [0.4, 0.5) is 16.2 Å². The fourth-order valence-electron chi connectivity index (χ4n) is 2.75. The first-order valence-corrected chi connectivity index (χ1v) is 7.96. The van der Waals surface area contributed by atoms with E-state index in [1.54, 1.807) is 17.0 Å². The molecule has 0 bridgehead atoms. The van der Waals surface area contributed by atoms with Gasteiger partial charge in [0.15, 0.2) is 0 Å². The van der Waals surface area contributed by atoms with E-state index in [1.165, 1.54) is 6.07 Å². The van der Waals surface area contributed by atoms with Crippen molar-refractivity contribution in [3.8, 4) is 0 Å². The molecule has 1 aromatic carbocycles. The average molecular weight is 321 g/mol. The number of urea groups is 1. The van der Waals surface area contributed by atoms with Crippen LogP contribution < -0.4 is 5.32 Å². The number of nitrogens with zero attached hydrogens (tertiary/aromatic N) is 2. The molecule has 1 atom stereocenters. The molecule has 1 aliphatic rings. The number of anilines is 1. The molecule has 1 fully saturated rings. The van der Waals surface area contributed by atoms with Gasteiger partial charge in [-0.2, -0.15) is 0 Å². The molecule has 1 aliphatic heterocycles. The number of ether oxygens (including phenoxy) is 1. The topological polar surface area (TPSA) is 84.7 Å². The van der Waals surface area contributed by atoms with E-state index in [0.29, 0.717) is 49.9 Å². The van der Waals surface area contributed by atoms with Gasteiger partial charge in [-0.3, -0.25) is 10.1 Å².